The van der Waals surface area contributed by atoms with Crippen molar-refractivity contribution in [2.24, 2.45) is 0 Å². The van der Waals surface area contributed by atoms with Gasteiger partial charge in [-0.1, -0.05) is 17.8 Å². The highest BCUT2D eigenvalue weighted by Crippen LogP contribution is 2.36. The van der Waals surface area contributed by atoms with Crippen LogP contribution in [0.1, 0.15) is 30.2 Å². The summed E-state index contributed by atoms with van der Waals surface area (Å²) in [4.78, 5) is 0. The normalized spacial score (nSPS) is 18.8. The first kappa shape index (κ1) is 6.49. The lowest BCUT2D eigenvalue weighted by molar-refractivity contribution is 0.416. The Labute approximate surface area is 68.3 Å². The van der Waals surface area contributed by atoms with Gasteiger partial charge in [0.2, 0.25) is 0 Å². The van der Waals surface area contributed by atoms with Crippen molar-refractivity contribution >= 4 is 23.6 Å². The second-order valence-electron chi connectivity index (χ2n) is 2.58. The van der Waals surface area contributed by atoms with Gasteiger partial charge >= 0.3 is 0 Å². The highest BCUT2D eigenvalue weighted by molar-refractivity contribution is 7.73. The average molecular weight is 172 g/mol. The molecule has 0 spiro atoms. The third kappa shape index (κ3) is 1.01. The standard InChI is InChI=1S/C6H8N2S2/c9-6-8-7-5(10-6)4-2-1-3-4/h4H,1-3H2,(H,8,9). The van der Waals surface area contributed by atoms with E-state index in [0.29, 0.717) is 0 Å². The van der Waals surface area contributed by atoms with E-state index in [1.807, 2.05) is 0 Å². The maximum atomic E-state index is 4.92. The van der Waals surface area contributed by atoms with Gasteiger partial charge in [0.15, 0.2) is 3.95 Å². The number of H-pyrrole nitrogens is 1. The molecule has 0 saturated heterocycles. The zero-order chi connectivity index (χ0) is 6.97. The fraction of sp³-hybridized carbons (Fsp3) is 0.667. The van der Waals surface area contributed by atoms with E-state index in [2.05, 4.69) is 10.2 Å². The number of nitrogens with one attached hydrogen (secondary N) is 1. The van der Waals surface area contributed by atoms with E-state index >= 15 is 0 Å². The van der Waals surface area contributed by atoms with Crippen LogP contribution >= 0.6 is 23.6 Å². The fourth-order valence-corrected chi connectivity index (χ4v) is 2.15. The van der Waals surface area contributed by atoms with Gasteiger partial charge < -0.3 is 0 Å². The lowest BCUT2D eigenvalue weighted by Gasteiger charge is -2.21. The monoisotopic (exact) mass is 172 g/mol. The molecule has 2 rings (SSSR count). The summed E-state index contributed by atoms with van der Waals surface area (Å²) in [6.45, 7) is 0. The summed E-state index contributed by atoms with van der Waals surface area (Å²) >= 11 is 6.54. The SMILES string of the molecule is S=c1[nH]nc(C2CCC2)s1. The molecule has 0 bridgehead atoms. The van der Waals surface area contributed by atoms with Gasteiger partial charge in [0.05, 0.1) is 0 Å². The van der Waals surface area contributed by atoms with Crippen molar-refractivity contribution in [3.8, 4) is 0 Å². The maximum Gasteiger partial charge on any atom is 0.176 e. The van der Waals surface area contributed by atoms with Crippen molar-refractivity contribution in [2.75, 3.05) is 0 Å². The first-order valence-corrected chi connectivity index (χ1v) is 4.64. The summed E-state index contributed by atoms with van der Waals surface area (Å²) in [5, 5.41) is 8.13. The molecule has 2 nitrogen and oxygen atoms in total. The second kappa shape index (κ2) is 2.43. The Bertz CT molecular complexity index is 271. The third-order valence-corrected chi connectivity index (χ3v) is 3.16. The number of aromatic nitrogens is 2. The molecular formula is C6H8N2S2. The van der Waals surface area contributed by atoms with Crippen molar-refractivity contribution in [3.05, 3.63) is 8.96 Å². The summed E-state index contributed by atoms with van der Waals surface area (Å²) in [7, 11) is 0. The smallest absolute Gasteiger partial charge is 0.176 e. The van der Waals surface area contributed by atoms with Crippen molar-refractivity contribution in [1.82, 2.24) is 10.2 Å². The number of hydrogen-bond donors (Lipinski definition) is 1. The van der Waals surface area contributed by atoms with Crippen LogP contribution in [-0.2, 0) is 0 Å². The first-order valence-electron chi connectivity index (χ1n) is 3.41. The van der Waals surface area contributed by atoms with E-state index in [4.69, 9.17) is 12.2 Å². The lowest BCUT2D eigenvalue weighted by atomic mass is 9.86. The quantitative estimate of drug-likeness (QED) is 0.659. The molecule has 1 fully saturated rings. The highest BCUT2D eigenvalue weighted by Gasteiger charge is 2.21. The van der Waals surface area contributed by atoms with E-state index in [-0.39, 0.29) is 0 Å². The predicted molar refractivity (Wildman–Crippen MR) is 43.9 cm³/mol. The molecule has 0 aliphatic heterocycles. The van der Waals surface area contributed by atoms with Crippen LogP contribution in [0.2, 0.25) is 0 Å². The molecule has 1 saturated carbocycles. The van der Waals surface area contributed by atoms with Crippen molar-refractivity contribution in [1.29, 1.82) is 0 Å². The van der Waals surface area contributed by atoms with Crippen molar-refractivity contribution in [3.63, 3.8) is 0 Å². The van der Waals surface area contributed by atoms with Gasteiger partial charge in [-0.3, -0.25) is 5.10 Å². The van der Waals surface area contributed by atoms with Crippen molar-refractivity contribution < 1.29 is 0 Å². The Morgan fingerprint density at radius 3 is 2.80 bits per heavy atom. The molecule has 1 aliphatic carbocycles. The summed E-state index contributed by atoms with van der Waals surface area (Å²) in [6, 6.07) is 0. The van der Waals surface area contributed by atoms with Crippen LogP contribution in [0.5, 0.6) is 0 Å². The van der Waals surface area contributed by atoms with Crippen LogP contribution in [0.4, 0.5) is 0 Å². The van der Waals surface area contributed by atoms with Gasteiger partial charge in [-0.2, -0.15) is 5.10 Å². The molecule has 1 heterocycles. The van der Waals surface area contributed by atoms with Crippen LogP contribution in [0, 0.1) is 3.95 Å². The van der Waals surface area contributed by atoms with Gasteiger partial charge in [0.25, 0.3) is 0 Å². The lowest BCUT2D eigenvalue weighted by Crippen LogP contribution is -2.07. The van der Waals surface area contributed by atoms with Crippen LogP contribution in [0.15, 0.2) is 0 Å². The molecule has 10 heavy (non-hydrogen) atoms. The van der Waals surface area contributed by atoms with E-state index < -0.39 is 0 Å². The Morgan fingerprint density at radius 2 is 2.40 bits per heavy atom. The van der Waals surface area contributed by atoms with Gasteiger partial charge in [0.1, 0.15) is 5.01 Å². The minimum atomic E-state index is 0.720. The molecule has 4 heteroatoms. The molecule has 0 atom stereocenters. The topological polar surface area (TPSA) is 28.7 Å². The molecule has 0 amide bonds. The summed E-state index contributed by atoms with van der Waals surface area (Å²) in [6.07, 6.45) is 3.96. The van der Waals surface area contributed by atoms with E-state index in [1.54, 1.807) is 11.3 Å². The summed E-state index contributed by atoms with van der Waals surface area (Å²) in [5.74, 6) is 0.720. The number of aromatic amines is 1. The molecule has 54 valence electrons. The predicted octanol–water partition coefficient (Wildman–Crippen LogP) is 2.47. The molecule has 1 N–H and O–H groups in total. The first-order chi connectivity index (χ1) is 4.86. The summed E-state index contributed by atoms with van der Waals surface area (Å²) in [5.41, 5.74) is 0. The highest BCUT2D eigenvalue weighted by atomic mass is 32.1. The molecule has 1 aliphatic rings. The minimum absolute atomic E-state index is 0.720. The Morgan fingerprint density at radius 1 is 1.60 bits per heavy atom. The van der Waals surface area contributed by atoms with Crippen molar-refractivity contribution in [2.45, 2.75) is 25.2 Å². The Hall–Kier alpha value is -0.220. The molecule has 0 radical (unpaired) electrons. The van der Waals surface area contributed by atoms with Crippen LogP contribution in [-0.4, -0.2) is 10.2 Å². The summed E-state index contributed by atoms with van der Waals surface area (Å²) < 4.78 is 0.807. The van der Waals surface area contributed by atoms with E-state index in [0.717, 1.165) is 9.87 Å². The van der Waals surface area contributed by atoms with Gasteiger partial charge in [-0.25, -0.2) is 0 Å². The van der Waals surface area contributed by atoms with Gasteiger partial charge in [0, 0.05) is 5.92 Å². The molecule has 0 unspecified atom stereocenters. The molecule has 1 aromatic rings. The molecule has 0 aromatic carbocycles. The van der Waals surface area contributed by atoms with Gasteiger partial charge in [-0.05, 0) is 25.1 Å². The number of hydrogen-bond acceptors (Lipinski definition) is 3. The fourth-order valence-electron chi connectivity index (χ4n) is 1.07. The number of nitrogens with zero attached hydrogens (tertiary/aromatic N) is 1. The molecular weight excluding hydrogens is 164 g/mol. The van der Waals surface area contributed by atoms with E-state index in [1.165, 1.54) is 24.3 Å². The van der Waals surface area contributed by atoms with E-state index in [9.17, 15) is 0 Å². The molecule has 1 aromatic heterocycles. The Kier molecular flexibility index (Phi) is 1.58. The third-order valence-electron chi connectivity index (χ3n) is 1.91. The minimum Gasteiger partial charge on any atom is -0.258 e. The van der Waals surface area contributed by atoms with Crippen LogP contribution in [0.25, 0.3) is 0 Å². The second-order valence-corrected chi connectivity index (χ2v) is 4.28. The Balaban J connectivity index is 2.25. The average Bonchev–Trinajstić information content (AvgIpc) is 2.10. The number of rotatable bonds is 1. The zero-order valence-corrected chi connectivity index (χ0v) is 7.10. The van der Waals surface area contributed by atoms with Crippen LogP contribution < -0.4 is 0 Å². The zero-order valence-electron chi connectivity index (χ0n) is 5.46. The largest absolute Gasteiger partial charge is 0.258 e. The van der Waals surface area contributed by atoms with Crippen LogP contribution in [0.3, 0.4) is 0 Å². The maximum absolute atomic E-state index is 4.92. The van der Waals surface area contributed by atoms with Gasteiger partial charge in [-0.15, -0.1) is 0 Å².